The summed E-state index contributed by atoms with van der Waals surface area (Å²) in [6.07, 6.45) is 1.89. The van der Waals surface area contributed by atoms with Gasteiger partial charge in [0, 0.05) is 19.1 Å². The van der Waals surface area contributed by atoms with Crippen molar-refractivity contribution in [1.29, 1.82) is 0 Å². The molecule has 0 saturated heterocycles. The van der Waals surface area contributed by atoms with E-state index in [0.717, 1.165) is 12.8 Å². The van der Waals surface area contributed by atoms with E-state index in [1.165, 1.54) is 11.1 Å². The Morgan fingerprint density at radius 2 is 1.88 bits per heavy atom. The molecule has 2 N–H and O–H groups in total. The Kier molecular flexibility index (Phi) is 4.15. The molecule has 0 spiro atoms. The van der Waals surface area contributed by atoms with Crippen molar-refractivity contribution in [3.63, 3.8) is 0 Å². The van der Waals surface area contributed by atoms with Crippen LogP contribution in [0.5, 0.6) is 0 Å². The Bertz CT molecular complexity index is 340. The van der Waals surface area contributed by atoms with E-state index >= 15 is 0 Å². The monoisotopic (exact) mass is 234 g/mol. The lowest BCUT2D eigenvalue weighted by Gasteiger charge is -2.19. The fraction of sp³-hybridized carbons (Fsp3) is 0.571. The lowest BCUT2D eigenvalue weighted by Crippen LogP contribution is -2.40. The van der Waals surface area contributed by atoms with E-state index in [-0.39, 0.29) is 6.10 Å². The maximum absolute atomic E-state index is 9.79. The number of aliphatic hydroxyl groups is 1. The lowest BCUT2D eigenvalue weighted by atomic mass is 10.1. The highest BCUT2D eigenvalue weighted by atomic mass is 16.3. The molecule has 0 radical (unpaired) electrons. The van der Waals surface area contributed by atoms with Crippen LogP contribution >= 0.6 is 0 Å². The molecule has 0 amide bonds. The predicted octanol–water partition coefficient (Wildman–Crippen LogP) is 0.666. The highest BCUT2D eigenvalue weighted by Gasteiger charge is 2.20. The molecule has 1 aromatic rings. The summed E-state index contributed by atoms with van der Waals surface area (Å²) >= 11 is 0. The minimum Gasteiger partial charge on any atom is -0.390 e. The molecule has 0 aromatic heterocycles. The van der Waals surface area contributed by atoms with Crippen LogP contribution in [0.4, 0.5) is 0 Å². The summed E-state index contributed by atoms with van der Waals surface area (Å²) < 4.78 is 0. The van der Waals surface area contributed by atoms with E-state index in [0.29, 0.717) is 19.1 Å². The summed E-state index contributed by atoms with van der Waals surface area (Å²) in [6.45, 7) is 1.39. The third-order valence-corrected chi connectivity index (χ3v) is 3.27. The van der Waals surface area contributed by atoms with Crippen LogP contribution in [-0.2, 0) is 12.8 Å². The van der Waals surface area contributed by atoms with Crippen LogP contribution in [0.25, 0.3) is 0 Å². The number of aliphatic hydroxyl groups excluding tert-OH is 1. The number of benzene rings is 1. The van der Waals surface area contributed by atoms with E-state index in [4.69, 9.17) is 0 Å². The summed E-state index contributed by atoms with van der Waals surface area (Å²) in [4.78, 5) is 2.01. The van der Waals surface area contributed by atoms with Crippen molar-refractivity contribution < 1.29 is 5.11 Å². The van der Waals surface area contributed by atoms with Gasteiger partial charge >= 0.3 is 0 Å². The summed E-state index contributed by atoms with van der Waals surface area (Å²) in [7, 11) is 3.96. The number of hydrogen-bond acceptors (Lipinski definition) is 3. The Balaban J connectivity index is 1.76. The van der Waals surface area contributed by atoms with Crippen molar-refractivity contribution in [3.05, 3.63) is 35.4 Å². The second kappa shape index (κ2) is 5.63. The van der Waals surface area contributed by atoms with Gasteiger partial charge in [0.05, 0.1) is 6.10 Å². The molecule has 0 aliphatic heterocycles. The van der Waals surface area contributed by atoms with Gasteiger partial charge < -0.3 is 15.3 Å². The highest BCUT2D eigenvalue weighted by Crippen LogP contribution is 2.21. The van der Waals surface area contributed by atoms with Crippen molar-refractivity contribution in [3.8, 4) is 0 Å². The van der Waals surface area contributed by atoms with Crippen molar-refractivity contribution >= 4 is 0 Å². The topological polar surface area (TPSA) is 35.5 Å². The molecule has 3 heteroatoms. The maximum atomic E-state index is 9.79. The van der Waals surface area contributed by atoms with Gasteiger partial charge in [-0.1, -0.05) is 24.3 Å². The molecule has 0 fully saturated rings. The molecule has 1 aliphatic carbocycles. The fourth-order valence-corrected chi connectivity index (χ4v) is 2.49. The molecule has 0 saturated carbocycles. The van der Waals surface area contributed by atoms with Crippen LogP contribution in [0.1, 0.15) is 11.1 Å². The zero-order valence-electron chi connectivity index (χ0n) is 10.7. The van der Waals surface area contributed by atoms with Gasteiger partial charge in [-0.3, -0.25) is 0 Å². The van der Waals surface area contributed by atoms with E-state index in [9.17, 15) is 5.11 Å². The molecule has 0 bridgehead atoms. The summed E-state index contributed by atoms with van der Waals surface area (Å²) in [5.41, 5.74) is 2.90. The number of hydrogen-bond donors (Lipinski definition) is 2. The molecule has 1 unspecified atom stereocenters. The number of rotatable bonds is 5. The summed E-state index contributed by atoms with van der Waals surface area (Å²) in [6, 6.07) is 9.09. The van der Waals surface area contributed by atoms with Crippen molar-refractivity contribution in [2.75, 3.05) is 27.2 Å². The minimum atomic E-state index is -0.284. The van der Waals surface area contributed by atoms with E-state index in [1.807, 2.05) is 19.0 Å². The van der Waals surface area contributed by atoms with Crippen LogP contribution in [0.2, 0.25) is 0 Å². The first-order valence-electron chi connectivity index (χ1n) is 6.28. The largest absolute Gasteiger partial charge is 0.390 e. The van der Waals surface area contributed by atoms with Gasteiger partial charge in [0.25, 0.3) is 0 Å². The lowest BCUT2D eigenvalue weighted by molar-refractivity contribution is 0.131. The number of likely N-dealkylation sites (N-methyl/N-ethyl adjacent to an activating group) is 1. The standard InChI is InChI=1S/C14H22N2O/c1-16(2)10-14(17)9-15-13-7-11-5-3-4-6-12(11)8-13/h3-6,13-15,17H,7-10H2,1-2H3. The molecule has 0 heterocycles. The van der Waals surface area contributed by atoms with Crippen LogP contribution in [0, 0.1) is 0 Å². The van der Waals surface area contributed by atoms with Crippen molar-refractivity contribution in [2.24, 2.45) is 0 Å². The number of fused-ring (bicyclic) bond motifs is 1. The second-order valence-corrected chi connectivity index (χ2v) is 5.20. The van der Waals surface area contributed by atoms with E-state index < -0.39 is 0 Å². The van der Waals surface area contributed by atoms with Gasteiger partial charge in [-0.2, -0.15) is 0 Å². The third kappa shape index (κ3) is 3.53. The Morgan fingerprint density at radius 3 is 2.41 bits per heavy atom. The predicted molar refractivity (Wildman–Crippen MR) is 70.2 cm³/mol. The van der Waals surface area contributed by atoms with Crippen LogP contribution < -0.4 is 5.32 Å². The van der Waals surface area contributed by atoms with Gasteiger partial charge in [0.2, 0.25) is 0 Å². The average Bonchev–Trinajstić information content (AvgIpc) is 2.68. The van der Waals surface area contributed by atoms with Gasteiger partial charge in [0.1, 0.15) is 0 Å². The average molecular weight is 234 g/mol. The van der Waals surface area contributed by atoms with Crippen LogP contribution in [0.15, 0.2) is 24.3 Å². The Morgan fingerprint density at radius 1 is 1.29 bits per heavy atom. The third-order valence-electron chi connectivity index (χ3n) is 3.27. The zero-order chi connectivity index (χ0) is 12.3. The molecular formula is C14H22N2O. The molecule has 17 heavy (non-hydrogen) atoms. The Labute approximate surface area is 103 Å². The Hall–Kier alpha value is -0.900. The van der Waals surface area contributed by atoms with E-state index in [1.54, 1.807) is 0 Å². The number of nitrogens with one attached hydrogen (secondary N) is 1. The first-order valence-corrected chi connectivity index (χ1v) is 6.28. The normalized spacial score (nSPS) is 17.4. The number of nitrogens with zero attached hydrogens (tertiary/aromatic N) is 1. The van der Waals surface area contributed by atoms with Gasteiger partial charge in [0.15, 0.2) is 0 Å². The van der Waals surface area contributed by atoms with Gasteiger partial charge in [-0.25, -0.2) is 0 Å². The minimum absolute atomic E-state index is 0.284. The quantitative estimate of drug-likeness (QED) is 0.786. The molecule has 94 valence electrons. The molecule has 3 nitrogen and oxygen atoms in total. The summed E-state index contributed by atoms with van der Waals surface area (Å²) in [5.74, 6) is 0. The fourth-order valence-electron chi connectivity index (χ4n) is 2.49. The summed E-state index contributed by atoms with van der Waals surface area (Å²) in [5, 5.41) is 13.2. The zero-order valence-corrected chi connectivity index (χ0v) is 10.7. The van der Waals surface area contributed by atoms with Gasteiger partial charge in [-0.15, -0.1) is 0 Å². The first kappa shape index (κ1) is 12.6. The highest BCUT2D eigenvalue weighted by molar-refractivity contribution is 5.33. The van der Waals surface area contributed by atoms with Crippen molar-refractivity contribution in [2.45, 2.75) is 25.0 Å². The molecule has 1 atom stereocenters. The molecule has 1 aromatic carbocycles. The molecular weight excluding hydrogens is 212 g/mol. The van der Waals surface area contributed by atoms with Gasteiger partial charge in [-0.05, 0) is 38.1 Å². The van der Waals surface area contributed by atoms with Crippen molar-refractivity contribution in [1.82, 2.24) is 10.2 Å². The van der Waals surface area contributed by atoms with Crippen LogP contribution in [0.3, 0.4) is 0 Å². The molecule has 1 aliphatic rings. The SMILES string of the molecule is CN(C)CC(O)CNC1Cc2ccccc2C1. The maximum Gasteiger partial charge on any atom is 0.0791 e. The molecule has 2 rings (SSSR count). The van der Waals surface area contributed by atoms with E-state index in [2.05, 4.69) is 29.6 Å². The van der Waals surface area contributed by atoms with Crippen LogP contribution in [-0.4, -0.2) is 49.3 Å². The second-order valence-electron chi connectivity index (χ2n) is 5.20. The first-order chi connectivity index (χ1) is 8.15. The smallest absolute Gasteiger partial charge is 0.0791 e.